The van der Waals surface area contributed by atoms with Gasteiger partial charge in [0.2, 0.25) is 6.10 Å². The number of fused-ring (bicyclic) bond motifs is 1. The number of rotatable bonds is 7. The van der Waals surface area contributed by atoms with Crippen LogP contribution in [0.2, 0.25) is 0 Å². The van der Waals surface area contributed by atoms with E-state index in [9.17, 15) is 14.0 Å². The number of benzene rings is 2. The van der Waals surface area contributed by atoms with Crippen LogP contribution in [0.5, 0.6) is 11.5 Å². The molecule has 4 rings (SSSR count). The molecule has 0 radical (unpaired) electrons. The van der Waals surface area contributed by atoms with Crippen LogP contribution < -0.4 is 14.8 Å². The lowest BCUT2D eigenvalue weighted by molar-refractivity contribution is -0.154. The Morgan fingerprint density at radius 2 is 1.83 bits per heavy atom. The second kappa shape index (κ2) is 8.73. The van der Waals surface area contributed by atoms with Gasteiger partial charge >= 0.3 is 5.97 Å². The highest BCUT2D eigenvalue weighted by atomic mass is 32.2. The third kappa shape index (κ3) is 5.20. The van der Waals surface area contributed by atoms with Crippen molar-refractivity contribution in [3.05, 3.63) is 53.8 Å². The second-order valence-electron chi connectivity index (χ2n) is 6.80. The van der Waals surface area contributed by atoms with E-state index in [1.54, 1.807) is 6.07 Å². The number of esters is 1. The van der Waals surface area contributed by atoms with Crippen molar-refractivity contribution >= 4 is 23.6 Å². The van der Waals surface area contributed by atoms with E-state index in [0.717, 1.165) is 17.7 Å². The summed E-state index contributed by atoms with van der Waals surface area (Å²) >= 11 is 1.28. The lowest BCUT2D eigenvalue weighted by atomic mass is 10.1. The lowest BCUT2D eigenvalue weighted by Crippen LogP contribution is -2.33. The molecule has 6 nitrogen and oxygen atoms in total. The number of carbonyl (C=O) groups is 2. The summed E-state index contributed by atoms with van der Waals surface area (Å²) in [6.45, 7) is 0.998. The minimum Gasteiger partial charge on any atom is -0.486 e. The molecular weight excluding hydrogens is 397 g/mol. The van der Waals surface area contributed by atoms with E-state index < -0.39 is 23.8 Å². The summed E-state index contributed by atoms with van der Waals surface area (Å²) in [7, 11) is 0. The number of hydrogen-bond acceptors (Lipinski definition) is 6. The molecule has 0 spiro atoms. The van der Waals surface area contributed by atoms with Crippen LogP contribution in [0.1, 0.15) is 24.5 Å². The Morgan fingerprint density at radius 3 is 2.55 bits per heavy atom. The van der Waals surface area contributed by atoms with Crippen LogP contribution >= 0.6 is 11.8 Å². The molecule has 2 aromatic rings. The summed E-state index contributed by atoms with van der Waals surface area (Å²) in [5.74, 6) is -0.00919. The number of amides is 1. The standard InChI is InChI=1S/C21H20FNO5S/c22-14-3-1-13(2-4-14)20(21(25)23-15-5-6-15)28-19(24)12-29-16-7-8-17-18(11-16)27-10-9-26-17/h1-4,7-8,11,15,20H,5-6,9-10,12H2,(H,23,25). The van der Waals surface area contributed by atoms with Crippen LogP contribution in [0.3, 0.4) is 0 Å². The first-order chi connectivity index (χ1) is 14.1. The Bertz CT molecular complexity index is 900. The van der Waals surface area contributed by atoms with Crippen molar-refractivity contribution < 1.29 is 28.2 Å². The smallest absolute Gasteiger partial charge is 0.317 e. The maximum atomic E-state index is 13.2. The molecule has 1 amide bonds. The number of ether oxygens (including phenoxy) is 3. The first kappa shape index (κ1) is 19.6. The van der Waals surface area contributed by atoms with Crippen molar-refractivity contribution in [3.63, 3.8) is 0 Å². The summed E-state index contributed by atoms with van der Waals surface area (Å²) in [5, 5.41) is 2.83. The second-order valence-corrected chi connectivity index (χ2v) is 7.85. The molecule has 1 fully saturated rings. The van der Waals surface area contributed by atoms with Gasteiger partial charge in [-0.3, -0.25) is 9.59 Å². The van der Waals surface area contributed by atoms with Gasteiger partial charge in [-0.1, -0.05) is 12.1 Å². The number of thioether (sulfide) groups is 1. The maximum absolute atomic E-state index is 13.2. The zero-order valence-corrected chi connectivity index (χ0v) is 16.4. The Kier molecular flexibility index (Phi) is 5.89. The Hall–Kier alpha value is -2.74. The third-order valence-electron chi connectivity index (χ3n) is 4.45. The van der Waals surface area contributed by atoms with Gasteiger partial charge in [0.15, 0.2) is 11.5 Å². The largest absolute Gasteiger partial charge is 0.486 e. The zero-order chi connectivity index (χ0) is 20.2. The van der Waals surface area contributed by atoms with Crippen molar-refractivity contribution in [2.24, 2.45) is 0 Å². The Morgan fingerprint density at radius 1 is 1.10 bits per heavy atom. The summed E-state index contributed by atoms with van der Waals surface area (Å²) in [6, 6.07) is 11.0. The fraction of sp³-hybridized carbons (Fsp3) is 0.333. The van der Waals surface area contributed by atoms with Crippen LogP contribution in [0.15, 0.2) is 47.4 Å². The summed E-state index contributed by atoms with van der Waals surface area (Å²) in [4.78, 5) is 25.8. The fourth-order valence-electron chi connectivity index (χ4n) is 2.84. The summed E-state index contributed by atoms with van der Waals surface area (Å²) in [5.41, 5.74) is 0.433. The first-order valence-corrected chi connectivity index (χ1v) is 10.3. The quantitative estimate of drug-likeness (QED) is 0.551. The zero-order valence-electron chi connectivity index (χ0n) is 15.6. The van der Waals surface area contributed by atoms with Crippen molar-refractivity contribution in [1.82, 2.24) is 5.32 Å². The van der Waals surface area contributed by atoms with Crippen LogP contribution in [0.25, 0.3) is 0 Å². The maximum Gasteiger partial charge on any atom is 0.317 e. The molecule has 1 aliphatic heterocycles. The monoisotopic (exact) mass is 417 g/mol. The predicted molar refractivity (Wildman–Crippen MR) is 105 cm³/mol. The van der Waals surface area contributed by atoms with Gasteiger partial charge < -0.3 is 19.5 Å². The molecule has 1 atom stereocenters. The van der Waals surface area contributed by atoms with Crippen molar-refractivity contribution in [1.29, 1.82) is 0 Å². The Balaban J connectivity index is 1.39. The third-order valence-corrected chi connectivity index (χ3v) is 5.42. The molecule has 1 saturated carbocycles. The lowest BCUT2D eigenvalue weighted by Gasteiger charge is -2.19. The van der Waals surface area contributed by atoms with Crippen LogP contribution in [-0.2, 0) is 14.3 Å². The molecule has 29 heavy (non-hydrogen) atoms. The van der Waals surface area contributed by atoms with Gasteiger partial charge in [-0.05, 0) is 43.2 Å². The van der Waals surface area contributed by atoms with E-state index in [1.807, 2.05) is 12.1 Å². The van der Waals surface area contributed by atoms with E-state index >= 15 is 0 Å². The highest BCUT2D eigenvalue weighted by Gasteiger charge is 2.31. The molecule has 2 aromatic carbocycles. The van der Waals surface area contributed by atoms with E-state index in [1.165, 1.54) is 36.0 Å². The van der Waals surface area contributed by atoms with Crippen LogP contribution in [-0.4, -0.2) is 36.9 Å². The number of nitrogens with one attached hydrogen (secondary N) is 1. The van der Waals surface area contributed by atoms with Gasteiger partial charge in [0.1, 0.15) is 19.0 Å². The molecule has 0 saturated heterocycles. The predicted octanol–water partition coefficient (Wildman–Crippen LogP) is 3.25. The SMILES string of the molecule is O=C(CSc1ccc2c(c1)OCCO2)OC(C(=O)NC1CC1)c1ccc(F)cc1. The minimum atomic E-state index is -1.11. The molecule has 1 heterocycles. The molecule has 0 aromatic heterocycles. The number of carbonyl (C=O) groups excluding carboxylic acids is 2. The number of hydrogen-bond donors (Lipinski definition) is 1. The van der Waals surface area contributed by atoms with Gasteiger partial charge in [-0.15, -0.1) is 11.8 Å². The van der Waals surface area contributed by atoms with Crippen molar-refractivity contribution in [2.45, 2.75) is 29.9 Å². The van der Waals surface area contributed by atoms with Gasteiger partial charge in [-0.2, -0.15) is 0 Å². The summed E-state index contributed by atoms with van der Waals surface area (Å²) < 4.78 is 29.7. The minimum absolute atomic E-state index is 0.0219. The molecular formula is C21H20FNO5S. The molecule has 1 aliphatic carbocycles. The summed E-state index contributed by atoms with van der Waals surface area (Å²) in [6.07, 6.45) is 0.718. The van der Waals surface area contributed by atoms with Crippen LogP contribution in [0.4, 0.5) is 4.39 Å². The highest BCUT2D eigenvalue weighted by Crippen LogP contribution is 2.34. The topological polar surface area (TPSA) is 73.9 Å². The average molecular weight is 417 g/mol. The van der Waals surface area contributed by atoms with Gasteiger partial charge in [0.25, 0.3) is 5.91 Å². The van der Waals surface area contributed by atoms with E-state index in [4.69, 9.17) is 14.2 Å². The average Bonchev–Trinajstić information content (AvgIpc) is 3.55. The molecule has 0 bridgehead atoms. The molecule has 1 unspecified atom stereocenters. The van der Waals surface area contributed by atoms with E-state index in [-0.39, 0.29) is 11.8 Å². The molecule has 8 heteroatoms. The number of halogens is 1. The van der Waals surface area contributed by atoms with Gasteiger partial charge in [0, 0.05) is 16.5 Å². The fourth-order valence-corrected chi connectivity index (χ4v) is 3.54. The van der Waals surface area contributed by atoms with Gasteiger partial charge in [-0.25, -0.2) is 4.39 Å². The van der Waals surface area contributed by atoms with Crippen LogP contribution in [0, 0.1) is 5.82 Å². The van der Waals surface area contributed by atoms with Crippen molar-refractivity contribution in [2.75, 3.05) is 19.0 Å². The Labute approximate surface area is 171 Å². The first-order valence-electron chi connectivity index (χ1n) is 9.36. The molecule has 2 aliphatic rings. The normalized spacial score (nSPS) is 16.0. The van der Waals surface area contributed by atoms with Crippen molar-refractivity contribution in [3.8, 4) is 11.5 Å². The van der Waals surface area contributed by atoms with E-state index in [2.05, 4.69) is 5.32 Å². The molecule has 152 valence electrons. The van der Waals surface area contributed by atoms with E-state index in [0.29, 0.717) is 30.3 Å². The highest BCUT2D eigenvalue weighted by molar-refractivity contribution is 8.00. The molecule has 1 N–H and O–H groups in total. The van der Waals surface area contributed by atoms with Gasteiger partial charge in [0.05, 0.1) is 5.75 Å².